The number of sulfone groups is 1. The smallest absolute Gasteiger partial charge is 0.303 e. The molecule has 3 aromatic rings. The van der Waals surface area contributed by atoms with Gasteiger partial charge >= 0.3 is 5.97 Å². The van der Waals surface area contributed by atoms with Crippen LogP contribution in [0.25, 0.3) is 16.6 Å². The number of carboxylic acid groups (broad SMARTS) is 1. The normalized spacial score (nSPS) is 14.5. The molecule has 4 rings (SSSR count). The van der Waals surface area contributed by atoms with Gasteiger partial charge in [0.25, 0.3) is 0 Å². The first kappa shape index (κ1) is 20.3. The SMILES string of the molecule is O=C(O)CCc1cn(C2=CC(=S)CC(S(=O)(=O)c3ccccc3)=C2)c2ccccc12. The number of rotatable bonds is 6. The van der Waals surface area contributed by atoms with E-state index in [0.717, 1.165) is 16.5 Å². The molecule has 0 aliphatic heterocycles. The van der Waals surface area contributed by atoms with Crippen molar-refractivity contribution in [1.29, 1.82) is 0 Å². The molecule has 0 unspecified atom stereocenters. The number of aromatic nitrogens is 1. The summed E-state index contributed by atoms with van der Waals surface area (Å²) in [5, 5.41) is 10.00. The lowest BCUT2D eigenvalue weighted by molar-refractivity contribution is -0.136. The average molecular weight is 438 g/mol. The minimum absolute atomic E-state index is 0.0228. The van der Waals surface area contributed by atoms with E-state index in [-0.39, 0.29) is 22.6 Å². The molecule has 0 saturated carbocycles. The molecule has 0 radical (unpaired) electrons. The average Bonchev–Trinajstić information content (AvgIpc) is 3.11. The second-order valence-electron chi connectivity index (χ2n) is 7.07. The number of aryl methyl sites for hydroxylation is 1. The van der Waals surface area contributed by atoms with Gasteiger partial charge in [0.2, 0.25) is 9.84 Å². The number of carbonyl (C=O) groups is 1. The summed E-state index contributed by atoms with van der Waals surface area (Å²) in [6.45, 7) is 0. The van der Waals surface area contributed by atoms with Crippen molar-refractivity contribution in [1.82, 2.24) is 4.57 Å². The third kappa shape index (κ3) is 3.86. The summed E-state index contributed by atoms with van der Waals surface area (Å²) in [6, 6.07) is 16.0. The Bertz CT molecular complexity index is 1320. The molecule has 0 saturated heterocycles. The molecule has 2 aromatic carbocycles. The molecule has 0 spiro atoms. The van der Waals surface area contributed by atoms with E-state index < -0.39 is 15.8 Å². The van der Waals surface area contributed by atoms with Crippen LogP contribution in [-0.2, 0) is 21.1 Å². The molecule has 0 fully saturated rings. The van der Waals surface area contributed by atoms with Crippen LogP contribution in [0.5, 0.6) is 0 Å². The van der Waals surface area contributed by atoms with Gasteiger partial charge in [-0.05, 0) is 42.3 Å². The van der Waals surface area contributed by atoms with Gasteiger partial charge in [-0.15, -0.1) is 0 Å². The number of benzene rings is 2. The van der Waals surface area contributed by atoms with Crippen LogP contribution in [0.2, 0.25) is 0 Å². The highest BCUT2D eigenvalue weighted by molar-refractivity contribution is 7.95. The fraction of sp³-hybridized carbons (Fsp3) is 0.130. The summed E-state index contributed by atoms with van der Waals surface area (Å²) in [5.41, 5.74) is 2.42. The molecule has 1 aliphatic carbocycles. The molecular weight excluding hydrogens is 418 g/mol. The fourth-order valence-corrected chi connectivity index (χ4v) is 5.42. The van der Waals surface area contributed by atoms with Crippen molar-refractivity contribution < 1.29 is 18.3 Å². The van der Waals surface area contributed by atoms with Gasteiger partial charge in [-0.25, -0.2) is 8.42 Å². The van der Waals surface area contributed by atoms with Crippen LogP contribution < -0.4 is 0 Å². The van der Waals surface area contributed by atoms with E-state index in [1.807, 2.05) is 35.0 Å². The fourth-order valence-electron chi connectivity index (χ4n) is 3.61. The Morgan fingerprint density at radius 2 is 1.73 bits per heavy atom. The number of allylic oxidation sites excluding steroid dienone is 4. The predicted molar refractivity (Wildman–Crippen MR) is 121 cm³/mol. The van der Waals surface area contributed by atoms with Crippen LogP contribution in [0.15, 0.2) is 82.7 Å². The summed E-state index contributed by atoms with van der Waals surface area (Å²) in [4.78, 5) is 12.1. The summed E-state index contributed by atoms with van der Waals surface area (Å²) >= 11 is 5.42. The lowest BCUT2D eigenvalue weighted by Crippen LogP contribution is -2.13. The number of hydrogen-bond acceptors (Lipinski definition) is 4. The highest BCUT2D eigenvalue weighted by Crippen LogP contribution is 2.32. The first-order valence-electron chi connectivity index (χ1n) is 9.42. The molecule has 30 heavy (non-hydrogen) atoms. The maximum Gasteiger partial charge on any atom is 0.303 e. The molecule has 7 heteroatoms. The molecule has 0 bridgehead atoms. The van der Waals surface area contributed by atoms with Gasteiger partial charge in [-0.1, -0.05) is 48.6 Å². The van der Waals surface area contributed by atoms with Crippen molar-refractivity contribution in [3.63, 3.8) is 0 Å². The first-order valence-corrected chi connectivity index (χ1v) is 11.3. The first-order chi connectivity index (χ1) is 14.4. The van der Waals surface area contributed by atoms with Crippen molar-refractivity contribution in [3.8, 4) is 0 Å². The number of hydrogen-bond donors (Lipinski definition) is 1. The van der Waals surface area contributed by atoms with Crippen molar-refractivity contribution in [2.75, 3.05) is 0 Å². The van der Waals surface area contributed by atoms with Crippen LogP contribution in [0.1, 0.15) is 18.4 Å². The Morgan fingerprint density at radius 3 is 2.47 bits per heavy atom. The molecule has 1 aliphatic rings. The third-order valence-corrected chi connectivity index (χ3v) is 7.15. The zero-order valence-corrected chi connectivity index (χ0v) is 17.6. The zero-order chi connectivity index (χ0) is 21.3. The monoisotopic (exact) mass is 437 g/mol. The van der Waals surface area contributed by atoms with Gasteiger partial charge in [0.1, 0.15) is 0 Å². The Balaban J connectivity index is 1.81. The molecule has 0 atom stereocenters. The zero-order valence-electron chi connectivity index (χ0n) is 16.0. The number of aliphatic carboxylic acids is 1. The van der Waals surface area contributed by atoms with E-state index >= 15 is 0 Å². The maximum absolute atomic E-state index is 13.1. The van der Waals surface area contributed by atoms with Gasteiger partial charge < -0.3 is 9.67 Å². The lowest BCUT2D eigenvalue weighted by Gasteiger charge is -2.17. The maximum atomic E-state index is 13.1. The van der Waals surface area contributed by atoms with Crippen LogP contribution in [0.4, 0.5) is 0 Å². The van der Waals surface area contributed by atoms with E-state index in [1.165, 1.54) is 0 Å². The van der Waals surface area contributed by atoms with Gasteiger partial charge in [-0.2, -0.15) is 0 Å². The number of thiocarbonyl (C=S) groups is 1. The van der Waals surface area contributed by atoms with Crippen LogP contribution in [0.3, 0.4) is 0 Å². The van der Waals surface area contributed by atoms with Gasteiger partial charge in [-0.3, -0.25) is 4.79 Å². The summed E-state index contributed by atoms with van der Waals surface area (Å²) < 4.78 is 28.1. The molecule has 0 amide bonds. The van der Waals surface area contributed by atoms with E-state index in [0.29, 0.717) is 17.0 Å². The quantitative estimate of drug-likeness (QED) is 0.569. The van der Waals surface area contributed by atoms with Crippen LogP contribution in [0, 0.1) is 0 Å². The number of fused-ring (bicyclic) bond motifs is 1. The molecular formula is C23H19NO4S2. The molecule has 1 heterocycles. The van der Waals surface area contributed by atoms with Gasteiger partial charge in [0.05, 0.1) is 15.3 Å². The molecule has 1 N–H and O–H groups in total. The highest BCUT2D eigenvalue weighted by Gasteiger charge is 2.25. The number of para-hydroxylation sites is 1. The summed E-state index contributed by atoms with van der Waals surface area (Å²) in [7, 11) is -3.66. The second kappa shape index (κ2) is 8.01. The topological polar surface area (TPSA) is 76.4 Å². The van der Waals surface area contributed by atoms with Crippen molar-refractivity contribution in [3.05, 3.63) is 83.4 Å². The minimum atomic E-state index is -3.66. The van der Waals surface area contributed by atoms with E-state index in [9.17, 15) is 13.2 Å². The lowest BCUT2D eigenvalue weighted by atomic mass is 10.1. The Labute approximate surface area is 179 Å². The van der Waals surface area contributed by atoms with E-state index in [4.69, 9.17) is 17.3 Å². The molecule has 1 aromatic heterocycles. The summed E-state index contributed by atoms with van der Waals surface area (Å²) in [5.74, 6) is -0.860. The minimum Gasteiger partial charge on any atom is -0.481 e. The number of nitrogens with zero attached hydrogens (tertiary/aromatic N) is 1. The Morgan fingerprint density at radius 1 is 1.03 bits per heavy atom. The molecule has 152 valence electrons. The molecule has 5 nitrogen and oxygen atoms in total. The highest BCUT2D eigenvalue weighted by atomic mass is 32.2. The largest absolute Gasteiger partial charge is 0.481 e. The van der Waals surface area contributed by atoms with Crippen molar-refractivity contribution in [2.45, 2.75) is 24.2 Å². The number of carboxylic acids is 1. The van der Waals surface area contributed by atoms with Crippen molar-refractivity contribution >= 4 is 49.5 Å². The van der Waals surface area contributed by atoms with E-state index in [1.54, 1.807) is 42.5 Å². The van der Waals surface area contributed by atoms with Crippen LogP contribution >= 0.6 is 12.2 Å². The van der Waals surface area contributed by atoms with Gasteiger partial charge in [0, 0.05) is 35.0 Å². The van der Waals surface area contributed by atoms with Gasteiger partial charge in [0.15, 0.2) is 0 Å². The Kier molecular flexibility index (Phi) is 5.40. The Hall–Kier alpha value is -3.03. The second-order valence-corrected chi connectivity index (χ2v) is 9.60. The predicted octanol–water partition coefficient (Wildman–Crippen LogP) is 4.63. The summed E-state index contributed by atoms with van der Waals surface area (Å²) in [6.07, 6.45) is 5.92. The van der Waals surface area contributed by atoms with E-state index in [2.05, 4.69) is 0 Å². The van der Waals surface area contributed by atoms with Crippen molar-refractivity contribution in [2.24, 2.45) is 0 Å². The van der Waals surface area contributed by atoms with Crippen LogP contribution in [-0.4, -0.2) is 28.9 Å². The standard InChI is InChI=1S/C23H19NO4S2/c25-23(26)11-10-16-15-24(22-9-5-4-8-21(16)22)17-12-18(29)14-20(13-17)30(27,28)19-6-2-1-3-7-19/h1-9,12-13,15H,10-11,14H2,(H,25,26). The third-order valence-electron chi connectivity index (χ3n) is 5.05.